The lowest BCUT2D eigenvalue weighted by Gasteiger charge is -2.40. The van der Waals surface area contributed by atoms with Gasteiger partial charge in [-0.3, -0.25) is 4.90 Å². The van der Waals surface area contributed by atoms with E-state index in [4.69, 9.17) is 33.7 Å². The van der Waals surface area contributed by atoms with Gasteiger partial charge in [0.25, 0.3) is 0 Å². The Kier molecular flexibility index (Phi) is 4.87. The van der Waals surface area contributed by atoms with E-state index in [-0.39, 0.29) is 12.1 Å². The number of rotatable bonds is 3. The number of hydrogen-bond donors (Lipinski definition) is 1. The monoisotopic (exact) mass is 288 g/mol. The van der Waals surface area contributed by atoms with Gasteiger partial charge in [0.05, 0.1) is 28.8 Å². The van der Waals surface area contributed by atoms with Gasteiger partial charge in [-0.25, -0.2) is 0 Å². The largest absolute Gasteiger partial charge is 0.374 e. The van der Waals surface area contributed by atoms with E-state index in [2.05, 4.69) is 11.8 Å². The molecule has 1 aliphatic heterocycles. The van der Waals surface area contributed by atoms with Crippen LogP contribution in [0, 0.1) is 0 Å². The number of halogens is 2. The number of benzene rings is 1. The summed E-state index contributed by atoms with van der Waals surface area (Å²) < 4.78 is 5.75. The molecule has 1 aromatic rings. The van der Waals surface area contributed by atoms with Gasteiger partial charge in [-0.2, -0.15) is 0 Å². The lowest BCUT2D eigenvalue weighted by atomic mass is 9.98. The molecule has 1 fully saturated rings. The number of morpholine rings is 1. The molecule has 1 aliphatic rings. The molecule has 100 valence electrons. The zero-order valence-corrected chi connectivity index (χ0v) is 11.9. The molecule has 0 amide bonds. The van der Waals surface area contributed by atoms with Crippen LogP contribution in [0.3, 0.4) is 0 Å². The highest BCUT2D eigenvalue weighted by molar-refractivity contribution is 6.42. The molecule has 0 saturated carbocycles. The first-order valence-electron chi connectivity index (χ1n) is 6.18. The minimum absolute atomic E-state index is 0.0101. The van der Waals surface area contributed by atoms with Crippen molar-refractivity contribution < 1.29 is 4.74 Å². The van der Waals surface area contributed by atoms with Gasteiger partial charge in [-0.15, -0.1) is 0 Å². The number of hydrogen-bond acceptors (Lipinski definition) is 3. The molecule has 0 radical (unpaired) electrons. The Balaban J connectivity index is 2.32. The first-order chi connectivity index (χ1) is 8.67. The van der Waals surface area contributed by atoms with Gasteiger partial charge in [0, 0.05) is 13.1 Å². The Labute approximate surface area is 118 Å². The van der Waals surface area contributed by atoms with E-state index in [9.17, 15) is 0 Å². The molecule has 0 aromatic heterocycles. The molecule has 1 heterocycles. The summed E-state index contributed by atoms with van der Waals surface area (Å²) in [7, 11) is 0. The smallest absolute Gasteiger partial charge is 0.0894 e. The van der Waals surface area contributed by atoms with Crippen molar-refractivity contribution >= 4 is 23.2 Å². The molecular formula is C13H18Cl2N2O. The van der Waals surface area contributed by atoms with Crippen molar-refractivity contribution in [2.24, 2.45) is 5.73 Å². The van der Waals surface area contributed by atoms with E-state index in [0.29, 0.717) is 16.6 Å². The lowest BCUT2D eigenvalue weighted by Crippen LogP contribution is -2.48. The van der Waals surface area contributed by atoms with Crippen LogP contribution in [0.25, 0.3) is 0 Å². The van der Waals surface area contributed by atoms with Crippen molar-refractivity contribution in [3.63, 3.8) is 0 Å². The molecule has 2 unspecified atom stereocenters. The van der Waals surface area contributed by atoms with E-state index < -0.39 is 0 Å². The minimum Gasteiger partial charge on any atom is -0.374 e. The standard InChI is InChI=1S/C13H18Cl2N2O/c1-2-17-5-6-18-12(8-16)13(17)9-3-4-10(14)11(15)7-9/h3-4,7,12-13H,2,5-6,8,16H2,1H3. The van der Waals surface area contributed by atoms with Crippen molar-refractivity contribution in [3.8, 4) is 0 Å². The molecule has 1 saturated heterocycles. The number of ether oxygens (including phenoxy) is 1. The molecule has 2 rings (SSSR count). The van der Waals surface area contributed by atoms with Crippen molar-refractivity contribution in [2.75, 3.05) is 26.2 Å². The number of nitrogens with zero attached hydrogens (tertiary/aromatic N) is 1. The van der Waals surface area contributed by atoms with Gasteiger partial charge < -0.3 is 10.5 Å². The maximum absolute atomic E-state index is 6.09. The van der Waals surface area contributed by atoms with Gasteiger partial charge in [-0.05, 0) is 24.2 Å². The summed E-state index contributed by atoms with van der Waals surface area (Å²) in [6.45, 7) is 5.25. The maximum atomic E-state index is 6.09. The SMILES string of the molecule is CCN1CCOC(CN)C1c1ccc(Cl)c(Cl)c1. The van der Waals surface area contributed by atoms with Crippen molar-refractivity contribution in [2.45, 2.75) is 19.1 Å². The van der Waals surface area contributed by atoms with Crippen LogP contribution < -0.4 is 5.73 Å². The quantitative estimate of drug-likeness (QED) is 0.930. The first kappa shape index (κ1) is 14.1. The molecule has 3 nitrogen and oxygen atoms in total. The van der Waals surface area contributed by atoms with Crippen LogP contribution in [-0.4, -0.2) is 37.2 Å². The van der Waals surface area contributed by atoms with E-state index in [1.165, 1.54) is 0 Å². The third-order valence-corrected chi connectivity index (χ3v) is 4.12. The van der Waals surface area contributed by atoms with Gasteiger partial charge >= 0.3 is 0 Å². The molecule has 1 aromatic carbocycles. The molecule has 18 heavy (non-hydrogen) atoms. The summed E-state index contributed by atoms with van der Waals surface area (Å²) in [6, 6.07) is 5.89. The second-order valence-corrected chi connectivity index (χ2v) is 5.21. The highest BCUT2D eigenvalue weighted by Crippen LogP contribution is 2.32. The highest BCUT2D eigenvalue weighted by Gasteiger charge is 2.32. The topological polar surface area (TPSA) is 38.5 Å². The van der Waals surface area contributed by atoms with Crippen LogP contribution in [-0.2, 0) is 4.74 Å². The van der Waals surface area contributed by atoms with Gasteiger partial charge in [0.15, 0.2) is 0 Å². The Bertz CT molecular complexity index is 402. The van der Waals surface area contributed by atoms with Crippen LogP contribution in [0.4, 0.5) is 0 Å². The van der Waals surface area contributed by atoms with Crippen LogP contribution >= 0.6 is 23.2 Å². The molecule has 5 heteroatoms. The fourth-order valence-electron chi connectivity index (χ4n) is 2.46. The predicted molar refractivity (Wildman–Crippen MR) is 75.2 cm³/mol. The van der Waals surface area contributed by atoms with Crippen molar-refractivity contribution in [1.29, 1.82) is 0 Å². The van der Waals surface area contributed by atoms with Crippen LogP contribution in [0.5, 0.6) is 0 Å². The number of nitrogens with two attached hydrogens (primary N) is 1. The fourth-order valence-corrected chi connectivity index (χ4v) is 2.77. The zero-order chi connectivity index (χ0) is 13.1. The lowest BCUT2D eigenvalue weighted by molar-refractivity contribution is -0.0658. The summed E-state index contributed by atoms with van der Waals surface area (Å²) in [5.74, 6) is 0. The molecular weight excluding hydrogens is 271 g/mol. The second-order valence-electron chi connectivity index (χ2n) is 4.39. The van der Waals surface area contributed by atoms with Crippen molar-refractivity contribution in [3.05, 3.63) is 33.8 Å². The summed E-state index contributed by atoms with van der Waals surface area (Å²) in [6.07, 6.45) is 0.0101. The third kappa shape index (κ3) is 2.81. The summed E-state index contributed by atoms with van der Waals surface area (Å²) >= 11 is 12.1. The van der Waals surface area contributed by atoms with Gasteiger partial charge in [0.1, 0.15) is 0 Å². The summed E-state index contributed by atoms with van der Waals surface area (Å²) in [4.78, 5) is 2.36. The summed E-state index contributed by atoms with van der Waals surface area (Å²) in [5, 5.41) is 1.15. The van der Waals surface area contributed by atoms with Crippen LogP contribution in [0.1, 0.15) is 18.5 Å². The third-order valence-electron chi connectivity index (χ3n) is 3.38. The Morgan fingerprint density at radius 2 is 2.17 bits per heavy atom. The zero-order valence-electron chi connectivity index (χ0n) is 10.4. The average molecular weight is 289 g/mol. The molecule has 2 N–H and O–H groups in total. The highest BCUT2D eigenvalue weighted by atomic mass is 35.5. The normalized spacial score (nSPS) is 25.3. The summed E-state index contributed by atoms with van der Waals surface area (Å²) in [5.41, 5.74) is 6.92. The van der Waals surface area contributed by atoms with Crippen molar-refractivity contribution in [1.82, 2.24) is 4.90 Å². The van der Waals surface area contributed by atoms with Gasteiger partial charge in [-0.1, -0.05) is 36.2 Å². The van der Waals surface area contributed by atoms with Gasteiger partial charge in [0.2, 0.25) is 0 Å². The average Bonchev–Trinajstić information content (AvgIpc) is 2.41. The molecule has 0 bridgehead atoms. The Hall–Kier alpha value is -0.320. The molecule has 0 spiro atoms. The van der Waals surface area contributed by atoms with E-state index in [1.54, 1.807) is 0 Å². The second kappa shape index (κ2) is 6.22. The number of likely N-dealkylation sites (N-methyl/N-ethyl adjacent to an activating group) is 1. The minimum atomic E-state index is 0.0101. The van der Waals surface area contributed by atoms with Crippen LogP contribution in [0.2, 0.25) is 10.0 Å². The molecule has 0 aliphatic carbocycles. The maximum Gasteiger partial charge on any atom is 0.0894 e. The molecule has 2 atom stereocenters. The predicted octanol–water partition coefficient (Wildman–Crippen LogP) is 2.71. The fraction of sp³-hybridized carbons (Fsp3) is 0.538. The Morgan fingerprint density at radius 1 is 1.39 bits per heavy atom. The van der Waals surface area contributed by atoms with Crippen LogP contribution in [0.15, 0.2) is 18.2 Å². The Morgan fingerprint density at radius 3 is 2.78 bits per heavy atom. The first-order valence-corrected chi connectivity index (χ1v) is 6.93. The van der Waals surface area contributed by atoms with E-state index in [0.717, 1.165) is 25.3 Å². The van der Waals surface area contributed by atoms with E-state index in [1.807, 2.05) is 18.2 Å². The van der Waals surface area contributed by atoms with E-state index >= 15 is 0 Å².